The molecule has 18 heavy (non-hydrogen) atoms. The van der Waals surface area contributed by atoms with Crippen molar-refractivity contribution in [2.75, 3.05) is 0 Å². The summed E-state index contributed by atoms with van der Waals surface area (Å²) in [5, 5.41) is 3.79. The largest absolute Gasteiger partial charge is 0.303 e. The highest BCUT2D eigenvalue weighted by Gasteiger charge is 2.22. The van der Waals surface area contributed by atoms with Crippen molar-refractivity contribution >= 4 is 0 Å². The van der Waals surface area contributed by atoms with Crippen LogP contribution in [0.15, 0.2) is 60.7 Å². The number of benzene rings is 2. The van der Waals surface area contributed by atoms with Crippen LogP contribution in [0.2, 0.25) is 0 Å². The molecule has 0 radical (unpaired) electrons. The van der Waals surface area contributed by atoms with Gasteiger partial charge >= 0.3 is 0 Å². The van der Waals surface area contributed by atoms with Crippen LogP contribution in [0.4, 0.5) is 0 Å². The summed E-state index contributed by atoms with van der Waals surface area (Å²) in [5.74, 6) is 0. The van der Waals surface area contributed by atoms with E-state index in [1.807, 2.05) is 0 Å². The summed E-state index contributed by atoms with van der Waals surface area (Å²) in [4.78, 5) is 0. The van der Waals surface area contributed by atoms with Gasteiger partial charge in [0.2, 0.25) is 0 Å². The molecular formula is C17H19N. The van der Waals surface area contributed by atoms with Crippen molar-refractivity contribution in [2.45, 2.75) is 31.3 Å². The molecule has 0 unspecified atom stereocenters. The van der Waals surface area contributed by atoms with Gasteiger partial charge < -0.3 is 5.32 Å². The maximum absolute atomic E-state index is 3.79. The van der Waals surface area contributed by atoms with Gasteiger partial charge in [0, 0.05) is 6.04 Å². The number of hydrogen-bond donors (Lipinski definition) is 1. The first-order valence-corrected chi connectivity index (χ1v) is 6.79. The van der Waals surface area contributed by atoms with Crippen molar-refractivity contribution < 1.29 is 0 Å². The molecule has 0 amide bonds. The SMILES string of the molecule is c1ccc(C(NC2CCC2)c2ccccc2)cc1. The standard InChI is InChI=1S/C17H19N/c1-3-8-14(9-4-1)17(18-16-12-7-13-16)15-10-5-2-6-11-15/h1-6,8-11,16-18H,7,12-13H2. The van der Waals surface area contributed by atoms with Crippen LogP contribution in [0.3, 0.4) is 0 Å². The molecule has 1 saturated carbocycles. The van der Waals surface area contributed by atoms with E-state index < -0.39 is 0 Å². The van der Waals surface area contributed by atoms with Crippen molar-refractivity contribution in [3.8, 4) is 0 Å². The topological polar surface area (TPSA) is 12.0 Å². The lowest BCUT2D eigenvalue weighted by Crippen LogP contribution is -2.38. The monoisotopic (exact) mass is 237 g/mol. The summed E-state index contributed by atoms with van der Waals surface area (Å²) in [5.41, 5.74) is 2.71. The summed E-state index contributed by atoms with van der Waals surface area (Å²) in [6.45, 7) is 0. The highest BCUT2D eigenvalue weighted by atomic mass is 15.0. The van der Waals surface area contributed by atoms with E-state index in [0.717, 1.165) is 0 Å². The summed E-state index contributed by atoms with van der Waals surface area (Å²) in [7, 11) is 0. The van der Waals surface area contributed by atoms with E-state index in [9.17, 15) is 0 Å². The minimum absolute atomic E-state index is 0.331. The smallest absolute Gasteiger partial charge is 0.0578 e. The van der Waals surface area contributed by atoms with Crippen LogP contribution in [0, 0.1) is 0 Å². The molecule has 1 aliphatic rings. The average molecular weight is 237 g/mol. The first kappa shape index (κ1) is 11.5. The van der Waals surface area contributed by atoms with Crippen LogP contribution < -0.4 is 5.32 Å². The third kappa shape index (κ3) is 2.46. The second kappa shape index (κ2) is 5.36. The van der Waals surface area contributed by atoms with E-state index in [1.165, 1.54) is 30.4 Å². The molecule has 1 fully saturated rings. The molecule has 1 nitrogen and oxygen atoms in total. The number of rotatable bonds is 4. The van der Waals surface area contributed by atoms with Crippen LogP contribution in [-0.2, 0) is 0 Å². The molecule has 1 aliphatic carbocycles. The maximum atomic E-state index is 3.79. The molecule has 2 aromatic carbocycles. The minimum Gasteiger partial charge on any atom is -0.303 e. The Bertz CT molecular complexity index is 434. The van der Waals surface area contributed by atoms with E-state index in [2.05, 4.69) is 66.0 Å². The second-order valence-electron chi connectivity index (χ2n) is 5.05. The lowest BCUT2D eigenvalue weighted by molar-refractivity contribution is 0.320. The van der Waals surface area contributed by atoms with Crippen LogP contribution in [0.1, 0.15) is 36.4 Å². The zero-order valence-corrected chi connectivity index (χ0v) is 10.5. The molecule has 1 N–H and O–H groups in total. The maximum Gasteiger partial charge on any atom is 0.0578 e. The van der Waals surface area contributed by atoms with Gasteiger partial charge in [-0.05, 0) is 24.0 Å². The van der Waals surface area contributed by atoms with Crippen molar-refractivity contribution in [3.05, 3.63) is 71.8 Å². The van der Waals surface area contributed by atoms with Gasteiger partial charge in [0.25, 0.3) is 0 Å². The molecule has 0 aromatic heterocycles. The van der Waals surface area contributed by atoms with Gasteiger partial charge in [0.15, 0.2) is 0 Å². The predicted molar refractivity (Wildman–Crippen MR) is 75.5 cm³/mol. The summed E-state index contributed by atoms with van der Waals surface area (Å²) >= 11 is 0. The predicted octanol–water partition coefficient (Wildman–Crippen LogP) is 3.92. The van der Waals surface area contributed by atoms with Crippen molar-refractivity contribution in [1.82, 2.24) is 5.32 Å². The fourth-order valence-corrected chi connectivity index (χ4v) is 2.49. The second-order valence-corrected chi connectivity index (χ2v) is 5.05. The van der Waals surface area contributed by atoms with Crippen LogP contribution in [0.5, 0.6) is 0 Å². The van der Waals surface area contributed by atoms with Crippen LogP contribution in [-0.4, -0.2) is 6.04 Å². The molecule has 1 heteroatoms. The molecule has 0 spiro atoms. The molecule has 92 valence electrons. The van der Waals surface area contributed by atoms with E-state index in [1.54, 1.807) is 0 Å². The first-order valence-electron chi connectivity index (χ1n) is 6.79. The van der Waals surface area contributed by atoms with Crippen molar-refractivity contribution in [3.63, 3.8) is 0 Å². The molecular weight excluding hydrogens is 218 g/mol. The lowest BCUT2D eigenvalue weighted by atomic mass is 9.90. The third-order valence-corrected chi connectivity index (χ3v) is 3.77. The van der Waals surface area contributed by atoms with E-state index >= 15 is 0 Å². The Morgan fingerprint density at radius 3 is 1.67 bits per heavy atom. The van der Waals surface area contributed by atoms with Crippen LogP contribution in [0.25, 0.3) is 0 Å². The van der Waals surface area contributed by atoms with Gasteiger partial charge in [-0.3, -0.25) is 0 Å². The summed E-state index contributed by atoms with van der Waals surface area (Å²) < 4.78 is 0. The first-order chi connectivity index (χ1) is 8.93. The fourth-order valence-electron chi connectivity index (χ4n) is 2.49. The Labute approximate surface area is 109 Å². The Kier molecular flexibility index (Phi) is 3.42. The summed E-state index contributed by atoms with van der Waals surface area (Å²) in [6.07, 6.45) is 4.00. The van der Waals surface area contributed by atoms with Gasteiger partial charge in [0.1, 0.15) is 0 Å². The molecule has 0 bridgehead atoms. The van der Waals surface area contributed by atoms with Crippen LogP contribution >= 0.6 is 0 Å². The molecule has 0 atom stereocenters. The minimum atomic E-state index is 0.331. The van der Waals surface area contributed by atoms with Gasteiger partial charge in [0.05, 0.1) is 6.04 Å². The van der Waals surface area contributed by atoms with E-state index in [4.69, 9.17) is 0 Å². The normalized spacial score (nSPS) is 15.6. The average Bonchev–Trinajstić information content (AvgIpc) is 2.40. The van der Waals surface area contributed by atoms with Gasteiger partial charge in [-0.2, -0.15) is 0 Å². The zero-order valence-electron chi connectivity index (χ0n) is 10.5. The number of nitrogens with one attached hydrogen (secondary N) is 1. The molecule has 3 rings (SSSR count). The Hall–Kier alpha value is -1.60. The van der Waals surface area contributed by atoms with E-state index in [0.29, 0.717) is 12.1 Å². The van der Waals surface area contributed by atoms with Crippen molar-refractivity contribution in [2.24, 2.45) is 0 Å². The molecule has 0 saturated heterocycles. The lowest BCUT2D eigenvalue weighted by Gasteiger charge is -2.32. The Morgan fingerprint density at radius 1 is 0.778 bits per heavy atom. The highest BCUT2D eigenvalue weighted by molar-refractivity contribution is 5.31. The fraction of sp³-hybridized carbons (Fsp3) is 0.294. The Morgan fingerprint density at radius 2 is 1.28 bits per heavy atom. The highest BCUT2D eigenvalue weighted by Crippen LogP contribution is 2.27. The zero-order chi connectivity index (χ0) is 12.2. The Balaban J connectivity index is 1.88. The van der Waals surface area contributed by atoms with Crippen molar-refractivity contribution in [1.29, 1.82) is 0 Å². The quantitative estimate of drug-likeness (QED) is 0.850. The number of hydrogen-bond acceptors (Lipinski definition) is 1. The molecule has 0 aliphatic heterocycles. The molecule has 2 aromatic rings. The van der Waals surface area contributed by atoms with Gasteiger partial charge in [-0.25, -0.2) is 0 Å². The van der Waals surface area contributed by atoms with Gasteiger partial charge in [-0.1, -0.05) is 67.1 Å². The third-order valence-electron chi connectivity index (χ3n) is 3.77. The van der Waals surface area contributed by atoms with Gasteiger partial charge in [-0.15, -0.1) is 0 Å². The summed E-state index contributed by atoms with van der Waals surface area (Å²) in [6, 6.07) is 22.5. The molecule has 0 heterocycles. The van der Waals surface area contributed by atoms with E-state index in [-0.39, 0.29) is 0 Å².